The third-order valence-corrected chi connectivity index (χ3v) is 11.5. The molecule has 1 saturated carbocycles. The van der Waals surface area contributed by atoms with Crippen LogP contribution in [0.15, 0.2) is 54.1 Å². The van der Waals surface area contributed by atoms with Crippen molar-refractivity contribution < 1.29 is 48.7 Å². The van der Waals surface area contributed by atoms with Crippen molar-refractivity contribution in [2.24, 2.45) is 29.6 Å². The lowest BCUT2D eigenvalue weighted by Crippen LogP contribution is -2.43. The van der Waals surface area contributed by atoms with Gasteiger partial charge in [0.05, 0.1) is 61.8 Å². The van der Waals surface area contributed by atoms with Gasteiger partial charge in [0.25, 0.3) is 0 Å². The van der Waals surface area contributed by atoms with Crippen LogP contribution in [0.3, 0.4) is 0 Å². The second-order valence-electron chi connectivity index (χ2n) is 15.0. The van der Waals surface area contributed by atoms with Crippen molar-refractivity contribution >= 4 is 69.1 Å². The van der Waals surface area contributed by atoms with E-state index in [0.717, 1.165) is 34.1 Å². The number of hydrogen-bond acceptors (Lipinski definition) is 16. The molecule has 6 unspecified atom stereocenters. The first kappa shape index (κ1) is 39.7. The van der Waals surface area contributed by atoms with E-state index in [9.17, 15) is 64.7 Å². The third kappa shape index (κ3) is 6.01. The number of carbonyl (C=O) groups is 4. The van der Waals surface area contributed by atoms with Gasteiger partial charge in [0.15, 0.2) is 11.4 Å². The Hall–Kier alpha value is -7.52. The summed E-state index contributed by atoms with van der Waals surface area (Å²) in [4.78, 5) is 107. The molecule has 22 heteroatoms. The van der Waals surface area contributed by atoms with Crippen molar-refractivity contribution in [2.45, 2.75) is 18.8 Å². The van der Waals surface area contributed by atoms with Crippen molar-refractivity contribution in [3.05, 3.63) is 100 Å². The number of aromatic hydroxyl groups is 1. The SMILES string of the molecule is COc1ccc(C2C3=CCC4C(=O)N(c5cc([N+](=O)[O-])c(N(C)C)c([N+](=O)[O-])c5)C(=O)C4C3CC3C(=O)N(c4cc([N+](=O)[O-])c(N(C)C)c([N+](=O)[O-])c4)C(=O)C32)c(O)c1. The Morgan fingerprint density at radius 3 is 1.49 bits per heavy atom. The molecule has 1 N–H and O–H groups in total. The summed E-state index contributed by atoms with van der Waals surface area (Å²) in [5.41, 5.74) is -4.07. The van der Waals surface area contributed by atoms with Gasteiger partial charge < -0.3 is 19.6 Å². The van der Waals surface area contributed by atoms with Gasteiger partial charge in [0, 0.05) is 70.0 Å². The molecule has 2 saturated heterocycles. The standard InChI is InChI=1S/C37H34N8O14/c1-38(2)32-24(42(51)52)10-16(11-25(32)43(53)54)40-34(47)21-9-8-19-22(30(21)36(40)49)15-23-31(29(19)20-7-6-18(59-5)14-28(20)46)37(50)41(35(23)48)17-12-26(44(55)56)33(39(3)4)27(13-17)45(57)58/h6-8,10-14,21-23,29-31,46H,9,15H2,1-5H3. The van der Waals surface area contributed by atoms with E-state index in [-0.39, 0.29) is 41.3 Å². The smallest absolute Gasteiger partial charge is 0.301 e. The number of hydrogen-bond donors (Lipinski definition) is 1. The highest BCUT2D eigenvalue weighted by Gasteiger charge is 2.63. The van der Waals surface area contributed by atoms with E-state index in [1.54, 1.807) is 6.08 Å². The number of nitro benzene ring substituents is 4. The molecule has 3 aromatic carbocycles. The van der Waals surface area contributed by atoms with Crippen molar-refractivity contribution in [1.82, 2.24) is 0 Å². The number of allylic oxidation sites excluding steroid dienone is 2. The molecule has 3 aromatic rings. The van der Waals surface area contributed by atoms with Crippen molar-refractivity contribution in [3.63, 3.8) is 0 Å². The Morgan fingerprint density at radius 1 is 0.644 bits per heavy atom. The van der Waals surface area contributed by atoms with E-state index in [1.165, 1.54) is 53.5 Å². The lowest BCUT2D eigenvalue weighted by molar-refractivity contribution is -0.392. The number of phenolic OH excluding ortho intramolecular Hbond substituents is 1. The molecule has 3 fully saturated rings. The van der Waals surface area contributed by atoms with Gasteiger partial charge in [-0.05, 0) is 24.8 Å². The van der Waals surface area contributed by atoms with E-state index in [1.807, 2.05) is 0 Å². The molecule has 306 valence electrons. The fourth-order valence-electron chi connectivity index (χ4n) is 9.27. The Kier molecular flexibility index (Phi) is 9.52. The first-order valence-electron chi connectivity index (χ1n) is 17.9. The zero-order chi connectivity index (χ0) is 43.1. The molecule has 0 aromatic heterocycles. The molecule has 4 aliphatic rings. The third-order valence-electron chi connectivity index (χ3n) is 11.5. The maximum absolute atomic E-state index is 14.6. The number of imide groups is 2. The molecular weight excluding hydrogens is 780 g/mol. The van der Waals surface area contributed by atoms with Crippen LogP contribution in [-0.2, 0) is 19.2 Å². The number of benzene rings is 3. The number of nitro groups is 4. The molecule has 4 amide bonds. The highest BCUT2D eigenvalue weighted by molar-refractivity contribution is 6.24. The number of nitrogens with zero attached hydrogens (tertiary/aromatic N) is 8. The van der Waals surface area contributed by atoms with E-state index in [4.69, 9.17) is 4.74 Å². The maximum atomic E-state index is 14.6. The predicted molar refractivity (Wildman–Crippen MR) is 205 cm³/mol. The summed E-state index contributed by atoms with van der Waals surface area (Å²) in [6, 6.07) is 7.80. The normalized spacial score (nSPS) is 23.3. The molecule has 2 aliphatic carbocycles. The molecule has 6 atom stereocenters. The second-order valence-corrected chi connectivity index (χ2v) is 15.0. The molecule has 2 aliphatic heterocycles. The highest BCUT2D eigenvalue weighted by atomic mass is 16.6. The summed E-state index contributed by atoms with van der Waals surface area (Å²) < 4.78 is 5.24. The average molecular weight is 815 g/mol. The molecule has 7 rings (SSSR count). The van der Waals surface area contributed by atoms with Crippen molar-refractivity contribution in [3.8, 4) is 11.5 Å². The monoisotopic (exact) mass is 814 g/mol. The summed E-state index contributed by atoms with van der Waals surface area (Å²) in [5, 5.41) is 60.1. The molecule has 22 nitrogen and oxygen atoms in total. The quantitative estimate of drug-likeness (QED) is 0.130. The van der Waals surface area contributed by atoms with Crippen LogP contribution in [0.4, 0.5) is 45.5 Å². The number of carbonyl (C=O) groups excluding carboxylic acids is 4. The van der Waals surface area contributed by atoms with Crippen molar-refractivity contribution in [1.29, 1.82) is 0 Å². The lowest BCUT2D eigenvalue weighted by Gasteiger charge is -2.44. The van der Waals surface area contributed by atoms with Gasteiger partial charge in [-0.15, -0.1) is 0 Å². The van der Waals surface area contributed by atoms with Gasteiger partial charge in [-0.2, -0.15) is 0 Å². The zero-order valence-electron chi connectivity index (χ0n) is 31.8. The van der Waals surface area contributed by atoms with Crippen molar-refractivity contribution in [2.75, 3.05) is 54.9 Å². The lowest BCUT2D eigenvalue weighted by atomic mass is 9.57. The summed E-state index contributed by atoms with van der Waals surface area (Å²) in [7, 11) is 6.76. The molecule has 0 radical (unpaired) electrons. The maximum Gasteiger partial charge on any atom is 0.301 e. The number of anilines is 4. The first-order valence-corrected chi connectivity index (χ1v) is 17.9. The number of methoxy groups -OCH3 is 1. The molecule has 59 heavy (non-hydrogen) atoms. The Bertz CT molecular complexity index is 2410. The molecule has 2 heterocycles. The Morgan fingerprint density at radius 2 is 1.08 bits per heavy atom. The van der Waals surface area contributed by atoms with Gasteiger partial charge in [0.1, 0.15) is 11.5 Å². The minimum Gasteiger partial charge on any atom is -0.508 e. The molecule has 0 bridgehead atoms. The number of ether oxygens (including phenoxy) is 1. The molecular formula is C37H34N8O14. The second kappa shape index (κ2) is 14.1. The van der Waals surface area contributed by atoms with Gasteiger partial charge in [-0.1, -0.05) is 17.7 Å². The van der Waals surface area contributed by atoms with Crippen LogP contribution < -0.4 is 24.3 Å². The summed E-state index contributed by atoms with van der Waals surface area (Å²) in [5.74, 6) is -10.6. The minimum atomic E-state index is -1.31. The number of rotatable bonds is 10. The van der Waals surface area contributed by atoms with Crippen LogP contribution in [0.2, 0.25) is 0 Å². The van der Waals surface area contributed by atoms with Gasteiger partial charge in [-0.3, -0.25) is 59.6 Å². The van der Waals surface area contributed by atoms with Gasteiger partial charge in [-0.25, -0.2) is 9.80 Å². The van der Waals surface area contributed by atoms with Gasteiger partial charge >= 0.3 is 22.7 Å². The van der Waals surface area contributed by atoms with Crippen LogP contribution in [0.1, 0.15) is 24.3 Å². The zero-order valence-corrected chi connectivity index (χ0v) is 31.8. The number of amides is 4. The van der Waals surface area contributed by atoms with Crippen LogP contribution in [0.25, 0.3) is 0 Å². The number of fused-ring (bicyclic) bond motifs is 4. The van der Waals surface area contributed by atoms with E-state index < -0.39 is 113 Å². The Labute approximate surface area is 332 Å². The average Bonchev–Trinajstić information content (AvgIpc) is 3.58. The topological polar surface area (TPSA) is 283 Å². The number of phenols is 1. The van der Waals surface area contributed by atoms with Gasteiger partial charge in [0.2, 0.25) is 23.6 Å². The predicted octanol–water partition coefficient (Wildman–Crippen LogP) is 4.21. The van der Waals surface area contributed by atoms with E-state index in [2.05, 4.69) is 0 Å². The summed E-state index contributed by atoms with van der Waals surface area (Å²) >= 11 is 0. The highest BCUT2D eigenvalue weighted by Crippen LogP contribution is 2.60. The summed E-state index contributed by atoms with van der Waals surface area (Å²) in [6.45, 7) is 0. The van der Waals surface area contributed by atoms with E-state index in [0.29, 0.717) is 15.4 Å². The van der Waals surface area contributed by atoms with Crippen LogP contribution in [0.5, 0.6) is 11.5 Å². The fraction of sp³-hybridized carbons (Fsp3) is 0.351. The van der Waals surface area contributed by atoms with Crippen LogP contribution >= 0.6 is 0 Å². The van der Waals surface area contributed by atoms with Crippen LogP contribution in [0, 0.1) is 70.0 Å². The Balaban J connectivity index is 1.37. The first-order chi connectivity index (χ1) is 27.8. The fourth-order valence-corrected chi connectivity index (χ4v) is 9.27. The minimum absolute atomic E-state index is 0.0986. The largest absolute Gasteiger partial charge is 0.508 e. The molecule has 0 spiro atoms. The van der Waals surface area contributed by atoms with E-state index >= 15 is 0 Å². The van der Waals surface area contributed by atoms with Crippen LogP contribution in [-0.4, -0.2) is 83.7 Å². The summed E-state index contributed by atoms with van der Waals surface area (Å²) in [6.07, 6.45) is 1.30.